The van der Waals surface area contributed by atoms with Crippen LogP contribution in [0.1, 0.15) is 10.4 Å². The molecule has 0 aliphatic heterocycles. The van der Waals surface area contributed by atoms with Crippen LogP contribution < -0.4 is 0 Å². The molecule has 2 heterocycles. The molecule has 0 fully saturated rings. The highest BCUT2D eigenvalue weighted by Crippen LogP contribution is 2.24. The largest absolute Gasteiger partial charge is 0.266 e. The average molecular weight is 385 g/mol. The van der Waals surface area contributed by atoms with Gasteiger partial charge in [0.05, 0.1) is 12.1 Å². The lowest BCUT2D eigenvalue weighted by molar-refractivity contribution is 0.466. The molecule has 0 spiro atoms. The van der Waals surface area contributed by atoms with Crippen LogP contribution in [0.5, 0.6) is 0 Å². The Morgan fingerprint density at radius 3 is 2.89 bits per heavy atom. The van der Waals surface area contributed by atoms with Gasteiger partial charge in [0, 0.05) is 33.9 Å². The second kappa shape index (κ2) is 5.92. The zero-order valence-electron chi connectivity index (χ0n) is 9.93. The van der Waals surface area contributed by atoms with E-state index in [0.29, 0.717) is 12.1 Å². The molecule has 0 radical (unpaired) electrons. The number of nitrogens with zero attached hydrogens (tertiary/aromatic N) is 2. The van der Waals surface area contributed by atoms with Gasteiger partial charge < -0.3 is 0 Å². The summed E-state index contributed by atoms with van der Waals surface area (Å²) in [5, 5.41) is 8.20. The van der Waals surface area contributed by atoms with Crippen LogP contribution in [0.4, 0.5) is 0 Å². The van der Waals surface area contributed by atoms with Crippen LogP contribution in [0.3, 0.4) is 0 Å². The third-order valence-corrected chi connectivity index (χ3v) is 6.28. The molecule has 2 aromatic heterocycles. The van der Waals surface area contributed by atoms with E-state index in [1.54, 1.807) is 0 Å². The second-order valence-electron chi connectivity index (χ2n) is 3.85. The molecule has 0 saturated carbocycles. The van der Waals surface area contributed by atoms with Crippen molar-refractivity contribution in [3.63, 3.8) is 0 Å². The molecule has 5 nitrogen and oxygen atoms in total. The molecule has 0 aliphatic rings. The predicted octanol–water partition coefficient (Wildman–Crippen LogP) is 2.79. The molecule has 0 aliphatic carbocycles. The summed E-state index contributed by atoms with van der Waals surface area (Å²) < 4.78 is 27.0. The van der Waals surface area contributed by atoms with Gasteiger partial charge in [0.15, 0.2) is 5.03 Å². The van der Waals surface area contributed by atoms with Crippen molar-refractivity contribution in [2.75, 3.05) is 7.05 Å². The molecule has 0 saturated heterocycles. The zero-order chi connectivity index (χ0) is 14.0. The van der Waals surface area contributed by atoms with Crippen LogP contribution in [0, 0.1) is 0 Å². The minimum absolute atomic E-state index is 0.0561. The average Bonchev–Trinajstić information content (AvgIpc) is 2.97. The van der Waals surface area contributed by atoms with Gasteiger partial charge in [-0.15, -0.1) is 22.9 Å². The van der Waals surface area contributed by atoms with Crippen molar-refractivity contribution >= 4 is 48.9 Å². The first kappa shape index (κ1) is 15.0. The Morgan fingerprint density at radius 1 is 1.58 bits per heavy atom. The van der Waals surface area contributed by atoms with Crippen molar-refractivity contribution in [1.29, 1.82) is 0 Å². The molecular weight excluding hydrogens is 374 g/mol. The first-order valence-electron chi connectivity index (χ1n) is 5.22. The van der Waals surface area contributed by atoms with E-state index in [4.69, 9.17) is 11.6 Å². The lowest BCUT2D eigenvalue weighted by atomic mass is 10.4. The summed E-state index contributed by atoms with van der Waals surface area (Å²) in [6, 6.07) is 1.89. The van der Waals surface area contributed by atoms with E-state index in [1.165, 1.54) is 28.9 Å². The molecule has 2 aromatic rings. The molecule has 104 valence electrons. The highest BCUT2D eigenvalue weighted by molar-refractivity contribution is 9.10. The Kier molecular flexibility index (Phi) is 4.67. The normalized spacial score (nSPS) is 12.2. The van der Waals surface area contributed by atoms with Crippen molar-refractivity contribution in [1.82, 2.24) is 14.5 Å². The van der Waals surface area contributed by atoms with Crippen LogP contribution in [0.25, 0.3) is 0 Å². The maximum atomic E-state index is 12.4. The number of thiophene rings is 1. The van der Waals surface area contributed by atoms with Crippen LogP contribution in [0.15, 0.2) is 27.1 Å². The molecular formula is C10H11BrClN3O2S2. The van der Waals surface area contributed by atoms with Gasteiger partial charge in [-0.3, -0.25) is 5.10 Å². The monoisotopic (exact) mass is 383 g/mol. The fourth-order valence-electron chi connectivity index (χ4n) is 1.51. The molecule has 2 rings (SSSR count). The molecule has 0 bridgehead atoms. The van der Waals surface area contributed by atoms with E-state index in [0.717, 1.165) is 9.35 Å². The van der Waals surface area contributed by atoms with Gasteiger partial charge >= 0.3 is 0 Å². The number of rotatable bonds is 5. The van der Waals surface area contributed by atoms with Gasteiger partial charge in [-0.05, 0) is 22.0 Å². The van der Waals surface area contributed by atoms with Gasteiger partial charge in [0.2, 0.25) is 0 Å². The molecule has 9 heteroatoms. The third kappa shape index (κ3) is 3.19. The summed E-state index contributed by atoms with van der Waals surface area (Å²) in [5.41, 5.74) is 0.473. The van der Waals surface area contributed by atoms with Crippen LogP contribution in [-0.4, -0.2) is 30.0 Å². The standard InChI is InChI=1S/C10H11BrClN3O2S2/c1-15(5-9-2-8(11)6-18-9)19(16,17)10-7(3-12)4-13-14-10/h2,4,6H,3,5H2,1H3,(H,13,14). The molecule has 0 amide bonds. The van der Waals surface area contributed by atoms with Crippen molar-refractivity contribution in [2.45, 2.75) is 17.5 Å². The maximum absolute atomic E-state index is 12.4. The van der Waals surface area contributed by atoms with Crippen molar-refractivity contribution in [3.8, 4) is 0 Å². The minimum atomic E-state index is -3.61. The topological polar surface area (TPSA) is 66.1 Å². The SMILES string of the molecule is CN(Cc1cc(Br)cs1)S(=O)(=O)c1[nH]ncc1CCl. The van der Waals surface area contributed by atoms with Crippen LogP contribution in [-0.2, 0) is 22.4 Å². The van der Waals surface area contributed by atoms with Crippen molar-refractivity contribution < 1.29 is 8.42 Å². The zero-order valence-corrected chi connectivity index (χ0v) is 13.9. The van der Waals surface area contributed by atoms with Crippen LogP contribution >= 0.6 is 38.9 Å². The van der Waals surface area contributed by atoms with Gasteiger partial charge in [0.1, 0.15) is 0 Å². The number of H-pyrrole nitrogens is 1. The number of hydrogen-bond acceptors (Lipinski definition) is 4. The number of sulfonamides is 1. The summed E-state index contributed by atoms with van der Waals surface area (Å²) in [7, 11) is -2.08. The summed E-state index contributed by atoms with van der Waals surface area (Å²) in [4.78, 5) is 0.949. The number of hydrogen-bond donors (Lipinski definition) is 1. The van der Waals surface area contributed by atoms with Crippen molar-refractivity contribution in [3.05, 3.63) is 32.6 Å². The molecule has 19 heavy (non-hydrogen) atoms. The Hall–Kier alpha value is -0.410. The summed E-state index contributed by atoms with van der Waals surface area (Å²) >= 11 is 10.5. The van der Waals surface area contributed by atoms with Crippen molar-refractivity contribution in [2.24, 2.45) is 0 Å². The first-order chi connectivity index (χ1) is 8.95. The number of halogens is 2. The Labute approximate surface area is 128 Å². The predicted molar refractivity (Wildman–Crippen MR) is 78.8 cm³/mol. The Bertz CT molecular complexity index is 668. The van der Waals surface area contributed by atoms with E-state index < -0.39 is 10.0 Å². The lowest BCUT2D eigenvalue weighted by Gasteiger charge is -2.15. The van der Waals surface area contributed by atoms with E-state index in [-0.39, 0.29) is 10.9 Å². The summed E-state index contributed by atoms with van der Waals surface area (Å²) in [5.74, 6) is 0.101. The van der Waals surface area contributed by atoms with Crippen LogP contribution in [0.2, 0.25) is 0 Å². The molecule has 0 unspecified atom stereocenters. The highest BCUT2D eigenvalue weighted by Gasteiger charge is 2.26. The lowest BCUT2D eigenvalue weighted by Crippen LogP contribution is -2.27. The van der Waals surface area contributed by atoms with Gasteiger partial charge in [0.25, 0.3) is 10.0 Å². The second-order valence-corrected chi connectivity index (χ2v) is 8.01. The number of nitrogens with one attached hydrogen (secondary N) is 1. The Morgan fingerprint density at radius 2 is 2.32 bits per heavy atom. The minimum Gasteiger partial charge on any atom is -0.266 e. The molecule has 0 aromatic carbocycles. The Balaban J connectivity index is 2.24. The first-order valence-corrected chi connectivity index (χ1v) is 8.87. The maximum Gasteiger partial charge on any atom is 0.260 e. The summed E-state index contributed by atoms with van der Waals surface area (Å²) in [6.07, 6.45) is 1.43. The number of aromatic amines is 1. The fourth-order valence-corrected chi connectivity index (χ4v) is 4.63. The molecule has 1 N–H and O–H groups in total. The van der Waals surface area contributed by atoms with E-state index >= 15 is 0 Å². The van der Waals surface area contributed by atoms with E-state index in [9.17, 15) is 8.42 Å². The van der Waals surface area contributed by atoms with E-state index in [2.05, 4.69) is 26.1 Å². The fraction of sp³-hybridized carbons (Fsp3) is 0.300. The highest BCUT2D eigenvalue weighted by atomic mass is 79.9. The quantitative estimate of drug-likeness (QED) is 0.806. The molecule has 0 atom stereocenters. The van der Waals surface area contributed by atoms with Gasteiger partial charge in [-0.2, -0.15) is 9.40 Å². The smallest absolute Gasteiger partial charge is 0.260 e. The number of aromatic nitrogens is 2. The van der Waals surface area contributed by atoms with Gasteiger partial charge in [-0.1, -0.05) is 0 Å². The van der Waals surface area contributed by atoms with E-state index in [1.807, 2.05) is 11.4 Å². The third-order valence-electron chi connectivity index (χ3n) is 2.49. The van der Waals surface area contributed by atoms with Gasteiger partial charge in [-0.25, -0.2) is 8.42 Å². The summed E-state index contributed by atoms with van der Waals surface area (Å²) in [6.45, 7) is 0.305. The number of alkyl halides is 1.